The lowest BCUT2D eigenvalue weighted by molar-refractivity contribution is 0.209. The number of nitrogens with one attached hydrogen (secondary N) is 1. The molecule has 2 aromatic rings. The van der Waals surface area contributed by atoms with Crippen LogP contribution < -0.4 is 5.32 Å². The van der Waals surface area contributed by atoms with E-state index in [2.05, 4.69) is 10.3 Å². The zero-order valence-electron chi connectivity index (χ0n) is 11.5. The summed E-state index contributed by atoms with van der Waals surface area (Å²) in [7, 11) is 0. The van der Waals surface area contributed by atoms with E-state index < -0.39 is 0 Å². The van der Waals surface area contributed by atoms with Crippen molar-refractivity contribution in [1.29, 1.82) is 0 Å². The van der Waals surface area contributed by atoms with Crippen LogP contribution in [-0.4, -0.2) is 40.7 Å². The number of nitrogens with zero attached hydrogens (tertiary/aromatic N) is 2. The molecule has 2 amide bonds. The highest BCUT2D eigenvalue weighted by atomic mass is 32.1. The van der Waals surface area contributed by atoms with Gasteiger partial charge in [-0.2, -0.15) is 0 Å². The SMILES string of the molecule is O=C(Nc1ncc(-c2ccccc2)s1)N1CCC(CO)C1. The number of aliphatic hydroxyl groups excluding tert-OH is 1. The molecule has 1 atom stereocenters. The zero-order valence-corrected chi connectivity index (χ0v) is 12.3. The van der Waals surface area contributed by atoms with E-state index in [1.165, 1.54) is 11.3 Å². The molecule has 0 radical (unpaired) electrons. The fourth-order valence-electron chi connectivity index (χ4n) is 2.40. The highest BCUT2D eigenvalue weighted by Crippen LogP contribution is 2.29. The summed E-state index contributed by atoms with van der Waals surface area (Å²) in [6, 6.07) is 9.83. The van der Waals surface area contributed by atoms with Crippen LogP contribution in [0.1, 0.15) is 6.42 Å². The summed E-state index contributed by atoms with van der Waals surface area (Å²) in [5, 5.41) is 12.6. The lowest BCUT2D eigenvalue weighted by Crippen LogP contribution is -2.33. The Morgan fingerprint density at radius 2 is 2.24 bits per heavy atom. The minimum Gasteiger partial charge on any atom is -0.396 e. The molecule has 1 unspecified atom stereocenters. The predicted octanol–water partition coefficient (Wildman–Crippen LogP) is 2.66. The van der Waals surface area contributed by atoms with Gasteiger partial charge in [0.05, 0.1) is 4.88 Å². The van der Waals surface area contributed by atoms with Crippen LogP contribution in [0, 0.1) is 5.92 Å². The Balaban J connectivity index is 1.64. The average Bonchev–Trinajstić information content (AvgIpc) is 3.17. The summed E-state index contributed by atoms with van der Waals surface area (Å²) in [5.41, 5.74) is 1.09. The summed E-state index contributed by atoms with van der Waals surface area (Å²) in [4.78, 5) is 19.1. The van der Waals surface area contributed by atoms with E-state index in [1.807, 2.05) is 30.3 Å². The molecular formula is C15H17N3O2S. The number of anilines is 1. The van der Waals surface area contributed by atoms with E-state index in [0.717, 1.165) is 16.9 Å². The van der Waals surface area contributed by atoms with Crippen LogP contribution in [0.2, 0.25) is 0 Å². The van der Waals surface area contributed by atoms with Gasteiger partial charge >= 0.3 is 6.03 Å². The van der Waals surface area contributed by atoms with Gasteiger partial charge in [-0.05, 0) is 12.0 Å². The van der Waals surface area contributed by atoms with Crippen LogP contribution in [0.3, 0.4) is 0 Å². The molecular weight excluding hydrogens is 286 g/mol. The lowest BCUT2D eigenvalue weighted by atomic mass is 10.1. The van der Waals surface area contributed by atoms with Gasteiger partial charge in [-0.1, -0.05) is 41.7 Å². The second kappa shape index (κ2) is 6.24. The molecule has 2 heterocycles. The molecule has 0 aliphatic carbocycles. The quantitative estimate of drug-likeness (QED) is 0.916. The van der Waals surface area contributed by atoms with Gasteiger partial charge < -0.3 is 10.0 Å². The van der Waals surface area contributed by atoms with Crippen molar-refractivity contribution >= 4 is 22.5 Å². The molecule has 0 spiro atoms. The van der Waals surface area contributed by atoms with Gasteiger partial charge in [-0.15, -0.1) is 0 Å². The van der Waals surface area contributed by atoms with Crippen LogP contribution in [0.25, 0.3) is 10.4 Å². The molecule has 1 aliphatic rings. The summed E-state index contributed by atoms with van der Waals surface area (Å²) in [6.07, 6.45) is 2.63. The molecule has 1 aromatic carbocycles. The number of carbonyl (C=O) groups is 1. The van der Waals surface area contributed by atoms with Crippen molar-refractivity contribution in [2.45, 2.75) is 6.42 Å². The number of hydrogen-bond donors (Lipinski definition) is 2. The predicted molar refractivity (Wildman–Crippen MR) is 83.3 cm³/mol. The minimum absolute atomic E-state index is 0.138. The Bertz CT molecular complexity index is 614. The molecule has 1 aliphatic heterocycles. The van der Waals surface area contributed by atoms with E-state index >= 15 is 0 Å². The van der Waals surface area contributed by atoms with Crippen molar-refractivity contribution in [1.82, 2.24) is 9.88 Å². The summed E-state index contributed by atoms with van der Waals surface area (Å²) < 4.78 is 0. The largest absolute Gasteiger partial charge is 0.396 e. The van der Waals surface area contributed by atoms with E-state index in [9.17, 15) is 4.79 Å². The van der Waals surface area contributed by atoms with Crippen molar-refractivity contribution in [3.05, 3.63) is 36.5 Å². The molecule has 1 aromatic heterocycles. The molecule has 2 N–H and O–H groups in total. The van der Waals surface area contributed by atoms with Crippen LogP contribution >= 0.6 is 11.3 Å². The Hall–Kier alpha value is -1.92. The maximum atomic E-state index is 12.1. The van der Waals surface area contributed by atoms with Gasteiger partial charge in [0.25, 0.3) is 0 Å². The standard InChI is InChI=1S/C15H17N3O2S/c19-10-11-6-7-18(9-11)15(20)17-14-16-8-13(21-14)12-4-2-1-3-5-12/h1-5,8,11,19H,6-7,9-10H2,(H,16,17,20). The molecule has 5 nitrogen and oxygen atoms in total. The molecule has 110 valence electrons. The molecule has 0 bridgehead atoms. The highest BCUT2D eigenvalue weighted by Gasteiger charge is 2.26. The van der Waals surface area contributed by atoms with Gasteiger partial charge in [0, 0.05) is 31.8 Å². The van der Waals surface area contributed by atoms with E-state index in [4.69, 9.17) is 5.11 Å². The van der Waals surface area contributed by atoms with Gasteiger partial charge in [0.2, 0.25) is 0 Å². The number of rotatable bonds is 3. The Labute approximate surface area is 127 Å². The lowest BCUT2D eigenvalue weighted by Gasteiger charge is -2.15. The summed E-state index contributed by atoms with van der Waals surface area (Å²) in [5.74, 6) is 0.201. The molecule has 1 saturated heterocycles. The minimum atomic E-state index is -0.139. The van der Waals surface area contributed by atoms with Gasteiger partial charge in [0.15, 0.2) is 5.13 Å². The van der Waals surface area contributed by atoms with Gasteiger partial charge in [0.1, 0.15) is 0 Å². The monoisotopic (exact) mass is 303 g/mol. The first-order valence-electron chi connectivity index (χ1n) is 6.94. The number of urea groups is 1. The summed E-state index contributed by atoms with van der Waals surface area (Å²) >= 11 is 1.46. The van der Waals surface area contributed by atoms with Crippen LogP contribution in [0.4, 0.5) is 9.93 Å². The maximum absolute atomic E-state index is 12.1. The Morgan fingerprint density at radius 3 is 2.95 bits per heavy atom. The number of aromatic nitrogens is 1. The van der Waals surface area contributed by atoms with E-state index in [1.54, 1.807) is 11.1 Å². The number of hydrogen-bond acceptors (Lipinski definition) is 4. The van der Waals surface area contributed by atoms with Gasteiger partial charge in [-0.25, -0.2) is 9.78 Å². The highest BCUT2D eigenvalue weighted by molar-refractivity contribution is 7.19. The van der Waals surface area contributed by atoms with Gasteiger partial charge in [-0.3, -0.25) is 5.32 Å². The maximum Gasteiger partial charge on any atom is 0.323 e. The molecule has 1 fully saturated rings. The van der Waals surface area contributed by atoms with Crippen molar-refractivity contribution in [2.24, 2.45) is 5.92 Å². The number of amides is 2. The second-order valence-electron chi connectivity index (χ2n) is 5.11. The normalized spacial score (nSPS) is 18.0. The smallest absolute Gasteiger partial charge is 0.323 e. The first kappa shape index (κ1) is 14.0. The van der Waals surface area contributed by atoms with Crippen LogP contribution in [0.5, 0.6) is 0 Å². The summed E-state index contributed by atoms with van der Waals surface area (Å²) in [6.45, 7) is 1.44. The number of likely N-dealkylation sites (tertiary alicyclic amines) is 1. The second-order valence-corrected chi connectivity index (χ2v) is 6.14. The molecule has 0 saturated carbocycles. The average molecular weight is 303 g/mol. The molecule has 3 rings (SSSR count). The van der Waals surface area contributed by atoms with Crippen molar-refractivity contribution in [3.8, 4) is 10.4 Å². The number of benzene rings is 1. The first-order valence-corrected chi connectivity index (χ1v) is 7.76. The fourth-order valence-corrected chi connectivity index (χ4v) is 3.22. The van der Waals surface area contributed by atoms with Crippen molar-refractivity contribution < 1.29 is 9.90 Å². The number of thiazole rings is 1. The van der Waals surface area contributed by atoms with Crippen molar-refractivity contribution in [3.63, 3.8) is 0 Å². The third kappa shape index (κ3) is 3.22. The van der Waals surface area contributed by atoms with E-state index in [0.29, 0.717) is 18.2 Å². The topological polar surface area (TPSA) is 65.5 Å². The molecule has 6 heteroatoms. The van der Waals surface area contributed by atoms with Crippen LogP contribution in [-0.2, 0) is 0 Å². The Morgan fingerprint density at radius 1 is 1.43 bits per heavy atom. The number of carbonyl (C=O) groups excluding carboxylic acids is 1. The van der Waals surface area contributed by atoms with Crippen molar-refractivity contribution in [2.75, 3.05) is 25.0 Å². The first-order chi connectivity index (χ1) is 10.3. The third-order valence-electron chi connectivity index (χ3n) is 3.61. The zero-order chi connectivity index (χ0) is 14.7. The van der Waals surface area contributed by atoms with E-state index in [-0.39, 0.29) is 18.6 Å². The molecule has 21 heavy (non-hydrogen) atoms. The van der Waals surface area contributed by atoms with Crippen LogP contribution in [0.15, 0.2) is 36.5 Å². The third-order valence-corrected chi connectivity index (χ3v) is 4.57. The fraction of sp³-hybridized carbons (Fsp3) is 0.333. The number of aliphatic hydroxyl groups is 1. The Kier molecular flexibility index (Phi) is 4.17.